The van der Waals surface area contributed by atoms with E-state index >= 15 is 0 Å². The molecule has 0 saturated heterocycles. The van der Waals surface area contributed by atoms with E-state index in [2.05, 4.69) is 154 Å². The third kappa shape index (κ3) is 3.04. The van der Waals surface area contributed by atoms with Crippen LogP contribution in [-0.4, -0.2) is 15.8 Å². The third-order valence-corrected chi connectivity index (χ3v) is 14.3. The number of para-hydroxylation sites is 1. The van der Waals surface area contributed by atoms with Crippen molar-refractivity contribution in [3.05, 3.63) is 148 Å². The van der Waals surface area contributed by atoms with E-state index < -0.39 is 5.41 Å². The second-order valence-electron chi connectivity index (χ2n) is 16.4. The Morgan fingerprint density at radius 3 is 1.90 bits per heavy atom. The van der Waals surface area contributed by atoms with Crippen molar-refractivity contribution in [2.75, 3.05) is 0 Å². The van der Waals surface area contributed by atoms with Gasteiger partial charge in [0.1, 0.15) is 0 Å². The van der Waals surface area contributed by atoms with Crippen LogP contribution in [0, 0.1) is 13.8 Å². The Bertz CT molecular complexity index is 2910. The van der Waals surface area contributed by atoms with Crippen molar-refractivity contribution in [1.82, 2.24) is 9.13 Å². The minimum atomic E-state index is -0.431. The van der Waals surface area contributed by atoms with Crippen LogP contribution in [0.5, 0.6) is 0 Å². The number of rotatable bonds is 4. The van der Waals surface area contributed by atoms with Gasteiger partial charge in [-0.3, -0.25) is 0 Å². The fraction of sp³-hybridized carbons (Fsp3) is 0.224. The van der Waals surface area contributed by atoms with Crippen molar-refractivity contribution < 1.29 is 0 Å². The van der Waals surface area contributed by atoms with Crippen LogP contribution in [0.4, 0.5) is 0 Å². The van der Waals surface area contributed by atoms with Gasteiger partial charge in [-0.25, -0.2) is 0 Å². The first-order chi connectivity index (χ1) is 25.4. The Hall–Kier alpha value is -5.28. The van der Waals surface area contributed by atoms with Crippen molar-refractivity contribution in [1.29, 1.82) is 0 Å². The van der Waals surface area contributed by atoms with Gasteiger partial charge in [0.25, 0.3) is 6.71 Å². The zero-order valence-corrected chi connectivity index (χ0v) is 30.9. The lowest BCUT2D eigenvalue weighted by Crippen LogP contribution is -2.60. The summed E-state index contributed by atoms with van der Waals surface area (Å²) >= 11 is 0. The Labute approximate surface area is 305 Å². The number of nitrogens with zero attached hydrogens (tertiary/aromatic N) is 2. The lowest BCUT2D eigenvalue weighted by molar-refractivity contribution is 0.717. The molecule has 1 spiro atoms. The van der Waals surface area contributed by atoms with Gasteiger partial charge in [0.05, 0.1) is 10.9 Å². The first-order valence-corrected chi connectivity index (χ1v) is 19.5. The maximum atomic E-state index is 2.76. The number of aryl methyl sites for hydroxylation is 1. The topological polar surface area (TPSA) is 9.86 Å². The molecule has 52 heavy (non-hydrogen) atoms. The van der Waals surface area contributed by atoms with E-state index in [0.29, 0.717) is 11.8 Å². The standard InChI is InChI=1S/C49H41BN2/c1-7-26(3)30-22-35-36-23-31(27(4)8-2)25-42-47(36)52-45(35)40(24-30)49(37-17-11-9-14-33(37)34-15-10-12-18-38(34)49)39-20-21-43-44(48(39)52)50(42)41-19-13-16-32-28(5)29(6)51(43)46(32)41/h9-27H,7-8H2,1-6H3. The molecule has 6 aromatic carbocycles. The van der Waals surface area contributed by atoms with Gasteiger partial charge < -0.3 is 9.13 Å². The van der Waals surface area contributed by atoms with Gasteiger partial charge in [0, 0.05) is 44.3 Å². The van der Waals surface area contributed by atoms with Crippen LogP contribution < -0.4 is 16.4 Å². The number of fused-ring (bicyclic) bond motifs is 11. The van der Waals surface area contributed by atoms with Crippen molar-refractivity contribution >= 4 is 55.8 Å². The molecule has 1 aliphatic carbocycles. The van der Waals surface area contributed by atoms with Gasteiger partial charge in [-0.05, 0) is 123 Å². The molecule has 2 aromatic heterocycles. The van der Waals surface area contributed by atoms with Crippen LogP contribution >= 0.6 is 0 Å². The summed E-state index contributed by atoms with van der Waals surface area (Å²) in [5.41, 5.74) is 25.0. The van der Waals surface area contributed by atoms with E-state index in [-0.39, 0.29) is 6.71 Å². The number of benzene rings is 6. The highest BCUT2D eigenvalue weighted by atomic mass is 15.1. The van der Waals surface area contributed by atoms with Crippen LogP contribution in [0.2, 0.25) is 0 Å². The molecule has 3 heteroatoms. The molecule has 8 aromatic rings. The molecule has 2 nitrogen and oxygen atoms in total. The summed E-state index contributed by atoms with van der Waals surface area (Å²) in [6.45, 7) is 14.3. The van der Waals surface area contributed by atoms with Crippen molar-refractivity contribution in [3.8, 4) is 22.5 Å². The monoisotopic (exact) mass is 668 g/mol. The normalized spacial score (nSPS) is 16.0. The SMILES string of the molecule is CCC(C)c1cc2c3c(c1)c1cc(C(C)CC)cc4c1n3-c1c(ccc3c1B2c1cccc2c(C)c(C)n-3c12)C41c2ccccc2-c2ccccc21. The van der Waals surface area contributed by atoms with Gasteiger partial charge in [0.15, 0.2) is 0 Å². The number of hydrogen-bond donors (Lipinski definition) is 0. The summed E-state index contributed by atoms with van der Waals surface area (Å²) in [5.74, 6) is 0.926. The largest absolute Gasteiger partial charge is 0.315 e. The zero-order chi connectivity index (χ0) is 34.9. The van der Waals surface area contributed by atoms with E-state index in [0.717, 1.165) is 12.8 Å². The van der Waals surface area contributed by atoms with E-state index in [1.165, 1.54) is 116 Å². The smallest absolute Gasteiger partial charge is 0.252 e. The Morgan fingerprint density at radius 1 is 0.577 bits per heavy atom. The van der Waals surface area contributed by atoms with Gasteiger partial charge in [-0.1, -0.05) is 113 Å². The molecule has 0 bridgehead atoms. The van der Waals surface area contributed by atoms with E-state index in [1.54, 1.807) is 0 Å². The molecule has 0 N–H and O–H groups in total. The van der Waals surface area contributed by atoms with Gasteiger partial charge in [-0.2, -0.15) is 0 Å². The lowest BCUT2D eigenvalue weighted by atomic mass is 9.33. The molecule has 12 rings (SSSR count). The Morgan fingerprint density at radius 2 is 1.21 bits per heavy atom. The van der Waals surface area contributed by atoms with E-state index in [1.807, 2.05) is 0 Å². The summed E-state index contributed by atoms with van der Waals surface area (Å²) in [7, 11) is 0. The van der Waals surface area contributed by atoms with E-state index in [9.17, 15) is 0 Å². The predicted molar refractivity (Wildman–Crippen MR) is 220 cm³/mol. The van der Waals surface area contributed by atoms with Crippen LogP contribution in [-0.2, 0) is 5.41 Å². The molecule has 0 amide bonds. The molecule has 0 saturated carbocycles. The summed E-state index contributed by atoms with van der Waals surface area (Å²) in [6, 6.07) is 41.2. The van der Waals surface area contributed by atoms with Crippen LogP contribution in [0.15, 0.2) is 103 Å². The molecule has 0 radical (unpaired) electrons. The Kier molecular flexibility index (Phi) is 5.40. The quantitative estimate of drug-likeness (QED) is 0.165. The van der Waals surface area contributed by atoms with Gasteiger partial charge in [0.2, 0.25) is 0 Å². The summed E-state index contributed by atoms with van der Waals surface area (Å²) in [5, 5.41) is 4.23. The number of aromatic nitrogens is 2. The molecule has 2 unspecified atom stereocenters. The predicted octanol–water partition coefficient (Wildman–Crippen LogP) is 10.2. The highest BCUT2D eigenvalue weighted by Crippen LogP contribution is 2.62. The Balaban J connectivity index is 1.39. The van der Waals surface area contributed by atoms with Crippen molar-refractivity contribution in [3.63, 3.8) is 0 Å². The second kappa shape index (κ2) is 9.58. The zero-order valence-electron chi connectivity index (χ0n) is 30.9. The molecular formula is C49H41BN2. The fourth-order valence-corrected chi connectivity index (χ4v) is 11.4. The second-order valence-corrected chi connectivity index (χ2v) is 16.4. The lowest BCUT2D eigenvalue weighted by Gasteiger charge is -2.44. The maximum absolute atomic E-state index is 2.76. The van der Waals surface area contributed by atoms with E-state index in [4.69, 9.17) is 0 Å². The van der Waals surface area contributed by atoms with Crippen LogP contribution in [0.25, 0.3) is 55.2 Å². The first kappa shape index (κ1) is 29.3. The van der Waals surface area contributed by atoms with Crippen molar-refractivity contribution in [2.45, 2.75) is 71.6 Å². The molecule has 3 aliphatic heterocycles. The summed E-state index contributed by atoms with van der Waals surface area (Å²) < 4.78 is 5.37. The minimum Gasteiger partial charge on any atom is -0.315 e. The number of hydrogen-bond acceptors (Lipinski definition) is 0. The maximum Gasteiger partial charge on any atom is 0.252 e. The minimum absolute atomic E-state index is 0.151. The van der Waals surface area contributed by atoms with Crippen LogP contribution in [0.1, 0.15) is 97.0 Å². The third-order valence-electron chi connectivity index (χ3n) is 14.3. The molecule has 5 heterocycles. The van der Waals surface area contributed by atoms with Gasteiger partial charge in [-0.15, -0.1) is 0 Å². The highest BCUT2D eigenvalue weighted by Gasteiger charge is 2.54. The molecule has 250 valence electrons. The molecular weight excluding hydrogens is 627 g/mol. The summed E-state index contributed by atoms with van der Waals surface area (Å²) in [6.07, 6.45) is 2.23. The van der Waals surface area contributed by atoms with Gasteiger partial charge >= 0.3 is 0 Å². The average Bonchev–Trinajstić information content (AvgIpc) is 3.77. The molecule has 4 aliphatic rings. The summed E-state index contributed by atoms with van der Waals surface area (Å²) in [4.78, 5) is 0. The van der Waals surface area contributed by atoms with Crippen molar-refractivity contribution in [2.24, 2.45) is 0 Å². The fourth-order valence-electron chi connectivity index (χ4n) is 11.4. The molecule has 2 atom stereocenters. The molecule has 0 fully saturated rings. The average molecular weight is 669 g/mol. The highest BCUT2D eigenvalue weighted by molar-refractivity contribution is 7.00. The first-order valence-electron chi connectivity index (χ1n) is 19.5. The van der Waals surface area contributed by atoms with Crippen LogP contribution in [0.3, 0.4) is 0 Å².